The molecular formula is C17H18N2O3. The summed E-state index contributed by atoms with van der Waals surface area (Å²) in [6.45, 7) is 0. The van der Waals surface area contributed by atoms with Crippen LogP contribution in [0.15, 0.2) is 30.5 Å². The Morgan fingerprint density at radius 1 is 1.27 bits per heavy atom. The van der Waals surface area contributed by atoms with Gasteiger partial charge in [-0.05, 0) is 36.8 Å². The molecule has 2 aliphatic carbocycles. The van der Waals surface area contributed by atoms with Gasteiger partial charge in [0.2, 0.25) is 0 Å². The predicted octanol–water partition coefficient (Wildman–Crippen LogP) is 2.54. The molecule has 2 saturated carbocycles. The van der Waals surface area contributed by atoms with Crippen molar-refractivity contribution in [3.8, 4) is 0 Å². The summed E-state index contributed by atoms with van der Waals surface area (Å²) in [5, 5.41) is 13.3. The van der Waals surface area contributed by atoms with Gasteiger partial charge in [-0.1, -0.05) is 18.6 Å². The molecule has 1 heterocycles. The van der Waals surface area contributed by atoms with Crippen LogP contribution in [0.3, 0.4) is 0 Å². The Labute approximate surface area is 127 Å². The molecule has 5 nitrogen and oxygen atoms in total. The number of carboxylic acid groups (broad SMARTS) is 1. The molecule has 2 fully saturated rings. The van der Waals surface area contributed by atoms with Gasteiger partial charge < -0.3 is 15.4 Å². The Bertz CT molecular complexity index is 760. The van der Waals surface area contributed by atoms with Crippen molar-refractivity contribution < 1.29 is 14.7 Å². The van der Waals surface area contributed by atoms with Gasteiger partial charge in [0.15, 0.2) is 0 Å². The van der Waals surface area contributed by atoms with E-state index in [9.17, 15) is 14.7 Å². The van der Waals surface area contributed by atoms with Crippen molar-refractivity contribution in [2.24, 2.45) is 11.3 Å². The molecule has 0 bridgehead atoms. The van der Waals surface area contributed by atoms with Gasteiger partial charge in [-0.2, -0.15) is 0 Å². The average molecular weight is 298 g/mol. The van der Waals surface area contributed by atoms with Gasteiger partial charge in [0.25, 0.3) is 5.91 Å². The third-order valence-corrected chi connectivity index (χ3v) is 5.47. The van der Waals surface area contributed by atoms with Crippen molar-refractivity contribution in [1.82, 2.24) is 10.3 Å². The maximum absolute atomic E-state index is 12.6. The molecule has 1 amide bonds. The molecule has 4 rings (SSSR count). The standard InChI is InChI=1S/C17H18N2O3/c20-15(11-4-1-3-10-5-8-18-13(10)11)19-14-12(16(21)22)9-17(14)6-2-7-17/h1,3-5,8,12,14,18H,2,6-7,9H2,(H,19,20)(H,21,22). The van der Waals surface area contributed by atoms with Crippen molar-refractivity contribution in [3.05, 3.63) is 36.0 Å². The second-order valence-corrected chi connectivity index (χ2v) is 6.56. The first kappa shape index (κ1) is 13.4. The minimum Gasteiger partial charge on any atom is -0.481 e. The van der Waals surface area contributed by atoms with Crippen molar-refractivity contribution in [2.75, 3.05) is 0 Å². The number of aromatic amines is 1. The number of hydrogen-bond donors (Lipinski definition) is 3. The summed E-state index contributed by atoms with van der Waals surface area (Å²) in [5.74, 6) is -1.44. The van der Waals surface area contributed by atoms with Crippen LogP contribution in [0.4, 0.5) is 0 Å². The zero-order valence-electron chi connectivity index (χ0n) is 12.1. The summed E-state index contributed by atoms with van der Waals surface area (Å²) in [7, 11) is 0. The van der Waals surface area contributed by atoms with Gasteiger partial charge >= 0.3 is 5.97 Å². The highest BCUT2D eigenvalue weighted by Gasteiger charge is 2.59. The van der Waals surface area contributed by atoms with Crippen LogP contribution in [-0.4, -0.2) is 28.0 Å². The molecule has 0 aliphatic heterocycles. The van der Waals surface area contributed by atoms with Crippen LogP contribution >= 0.6 is 0 Å². The fourth-order valence-electron chi connectivity index (χ4n) is 4.07. The first-order valence-corrected chi connectivity index (χ1v) is 7.70. The number of nitrogens with one attached hydrogen (secondary N) is 2. The highest BCUT2D eigenvalue weighted by atomic mass is 16.4. The second kappa shape index (κ2) is 4.60. The molecule has 3 N–H and O–H groups in total. The number of rotatable bonds is 3. The van der Waals surface area contributed by atoms with Crippen LogP contribution in [0.2, 0.25) is 0 Å². The molecule has 1 spiro atoms. The quantitative estimate of drug-likeness (QED) is 0.814. The molecule has 2 unspecified atom stereocenters. The van der Waals surface area contributed by atoms with Gasteiger partial charge in [0.05, 0.1) is 17.0 Å². The molecule has 22 heavy (non-hydrogen) atoms. The Morgan fingerprint density at radius 2 is 2.09 bits per heavy atom. The molecule has 2 aliphatic rings. The number of para-hydroxylation sites is 1. The van der Waals surface area contributed by atoms with E-state index in [4.69, 9.17) is 0 Å². The van der Waals surface area contributed by atoms with Gasteiger partial charge in [-0.15, -0.1) is 0 Å². The SMILES string of the molecule is O=C(NC1C(C(=O)O)CC12CCC2)c1cccc2cc[nH]c12. The molecule has 2 atom stereocenters. The number of H-pyrrole nitrogens is 1. The van der Waals surface area contributed by atoms with Crippen LogP contribution in [0.1, 0.15) is 36.0 Å². The zero-order chi connectivity index (χ0) is 15.3. The van der Waals surface area contributed by atoms with Gasteiger partial charge in [-0.25, -0.2) is 0 Å². The van der Waals surface area contributed by atoms with Crippen LogP contribution < -0.4 is 5.32 Å². The summed E-state index contributed by atoms with van der Waals surface area (Å²) in [5.41, 5.74) is 1.41. The Balaban J connectivity index is 1.60. The second-order valence-electron chi connectivity index (χ2n) is 6.56. The monoisotopic (exact) mass is 298 g/mol. The highest BCUT2D eigenvalue weighted by molar-refractivity contribution is 6.06. The predicted molar refractivity (Wildman–Crippen MR) is 81.6 cm³/mol. The number of hydrogen-bond acceptors (Lipinski definition) is 2. The minimum absolute atomic E-state index is 0.0301. The van der Waals surface area contributed by atoms with E-state index in [0.717, 1.165) is 30.2 Å². The highest BCUT2D eigenvalue weighted by Crippen LogP contribution is 2.58. The third-order valence-electron chi connectivity index (χ3n) is 5.47. The lowest BCUT2D eigenvalue weighted by Crippen LogP contribution is -2.66. The molecular weight excluding hydrogens is 280 g/mol. The van der Waals surface area contributed by atoms with Crippen molar-refractivity contribution in [2.45, 2.75) is 31.7 Å². The Morgan fingerprint density at radius 3 is 2.77 bits per heavy atom. The van der Waals surface area contributed by atoms with Gasteiger partial charge in [-0.3, -0.25) is 9.59 Å². The number of aliphatic carboxylic acids is 1. The smallest absolute Gasteiger partial charge is 0.308 e. The van der Waals surface area contributed by atoms with Gasteiger partial charge in [0, 0.05) is 17.6 Å². The first-order chi connectivity index (χ1) is 10.6. The lowest BCUT2D eigenvalue weighted by Gasteiger charge is -2.59. The van der Waals surface area contributed by atoms with Crippen LogP contribution in [0.25, 0.3) is 10.9 Å². The molecule has 5 heteroatoms. The van der Waals surface area contributed by atoms with E-state index >= 15 is 0 Å². The van der Waals surface area contributed by atoms with Crippen molar-refractivity contribution >= 4 is 22.8 Å². The summed E-state index contributed by atoms with van der Waals surface area (Å²) >= 11 is 0. The van der Waals surface area contributed by atoms with Crippen LogP contribution in [0, 0.1) is 11.3 Å². The van der Waals surface area contributed by atoms with Crippen LogP contribution in [0.5, 0.6) is 0 Å². The van der Waals surface area contributed by atoms with E-state index in [2.05, 4.69) is 10.3 Å². The number of carbonyl (C=O) groups excluding carboxylic acids is 1. The van der Waals surface area contributed by atoms with E-state index in [1.54, 1.807) is 12.3 Å². The lowest BCUT2D eigenvalue weighted by molar-refractivity contribution is -0.159. The van der Waals surface area contributed by atoms with E-state index < -0.39 is 11.9 Å². The van der Waals surface area contributed by atoms with Crippen LogP contribution in [-0.2, 0) is 4.79 Å². The fraction of sp³-hybridized carbons (Fsp3) is 0.412. The summed E-state index contributed by atoms with van der Waals surface area (Å²) in [4.78, 5) is 27.1. The van der Waals surface area contributed by atoms with E-state index in [-0.39, 0.29) is 17.4 Å². The Kier molecular flexibility index (Phi) is 2.79. The number of fused-ring (bicyclic) bond motifs is 1. The number of amides is 1. The first-order valence-electron chi connectivity index (χ1n) is 7.70. The zero-order valence-corrected chi connectivity index (χ0v) is 12.1. The minimum atomic E-state index is -0.805. The van der Waals surface area contributed by atoms with E-state index in [1.807, 2.05) is 18.2 Å². The molecule has 0 radical (unpaired) electrons. The molecule has 2 aromatic rings. The Hall–Kier alpha value is -2.30. The van der Waals surface area contributed by atoms with Crippen molar-refractivity contribution in [1.29, 1.82) is 0 Å². The number of carboxylic acids is 1. The number of benzene rings is 1. The van der Waals surface area contributed by atoms with E-state index in [0.29, 0.717) is 12.0 Å². The molecule has 114 valence electrons. The third kappa shape index (κ3) is 1.78. The largest absolute Gasteiger partial charge is 0.481 e. The maximum Gasteiger partial charge on any atom is 0.308 e. The maximum atomic E-state index is 12.6. The lowest BCUT2D eigenvalue weighted by atomic mass is 9.48. The normalized spacial score (nSPS) is 25.5. The molecule has 1 aromatic heterocycles. The summed E-state index contributed by atoms with van der Waals surface area (Å²) < 4.78 is 0. The number of aromatic nitrogens is 1. The summed E-state index contributed by atoms with van der Waals surface area (Å²) in [6.07, 6.45) is 5.67. The van der Waals surface area contributed by atoms with Gasteiger partial charge in [0.1, 0.15) is 0 Å². The molecule has 1 aromatic carbocycles. The number of carbonyl (C=O) groups is 2. The molecule has 0 saturated heterocycles. The van der Waals surface area contributed by atoms with E-state index in [1.165, 1.54) is 0 Å². The van der Waals surface area contributed by atoms with Crippen molar-refractivity contribution in [3.63, 3.8) is 0 Å². The summed E-state index contributed by atoms with van der Waals surface area (Å²) in [6, 6.07) is 7.24. The average Bonchev–Trinajstić information content (AvgIpc) is 2.89. The fourth-order valence-corrected chi connectivity index (χ4v) is 4.07. The topological polar surface area (TPSA) is 82.2 Å².